The van der Waals surface area contributed by atoms with Crippen molar-refractivity contribution in [2.75, 3.05) is 0 Å². The van der Waals surface area contributed by atoms with Crippen LogP contribution >= 0.6 is 0 Å². The lowest BCUT2D eigenvalue weighted by Gasteiger charge is -2.25. The van der Waals surface area contributed by atoms with Crippen LogP contribution in [0, 0.1) is 0 Å². The molecule has 4 rings (SSSR count). The third-order valence-electron chi connectivity index (χ3n) is 5.73. The number of carbonyl (C=O) groups excluding carboxylic acids is 1. The Balaban J connectivity index is 2.04. The third-order valence-corrected chi connectivity index (χ3v) is 5.73. The first kappa shape index (κ1) is 19.0. The van der Waals surface area contributed by atoms with Crippen molar-refractivity contribution >= 4 is 23.2 Å². The minimum atomic E-state index is -2.15. The van der Waals surface area contributed by atoms with E-state index in [1.54, 1.807) is 42.7 Å². The Hall–Kier alpha value is -3.32. The molecule has 3 heterocycles. The van der Waals surface area contributed by atoms with Gasteiger partial charge in [-0.3, -0.25) is 9.59 Å². The number of nitrogens with zero attached hydrogens (tertiary/aromatic N) is 2. The molecule has 0 fully saturated rings. The highest BCUT2D eigenvalue weighted by atomic mass is 16.4. The number of rotatable bonds is 5. The number of pyridine rings is 2. The summed E-state index contributed by atoms with van der Waals surface area (Å²) in [6.45, 7) is 3.61. The van der Waals surface area contributed by atoms with Crippen molar-refractivity contribution in [1.82, 2.24) is 9.55 Å². The maximum absolute atomic E-state index is 13.2. The molecule has 0 unspecified atom stereocenters. The van der Waals surface area contributed by atoms with Crippen LogP contribution in [0.4, 0.5) is 0 Å². The van der Waals surface area contributed by atoms with Gasteiger partial charge in [0, 0.05) is 27.6 Å². The third kappa shape index (κ3) is 2.61. The van der Waals surface area contributed by atoms with Crippen LogP contribution in [0.1, 0.15) is 47.3 Å². The van der Waals surface area contributed by atoms with Crippen molar-refractivity contribution in [2.24, 2.45) is 0 Å². The number of aromatic nitrogens is 2. The van der Waals surface area contributed by atoms with Crippen LogP contribution in [0.25, 0.3) is 22.3 Å². The normalized spacial score (nSPS) is 14.3. The average Bonchev–Trinajstić information content (AvgIpc) is 3.08. The number of aliphatic carboxylic acids is 1. The van der Waals surface area contributed by atoms with Crippen LogP contribution < -0.4 is 5.56 Å². The number of fused-ring (bicyclic) bond motifs is 4. The Bertz CT molecular complexity index is 1240. The van der Waals surface area contributed by atoms with Gasteiger partial charge in [-0.25, -0.2) is 9.78 Å². The predicted molar refractivity (Wildman–Crippen MR) is 107 cm³/mol. The Labute approximate surface area is 166 Å². The molecule has 29 heavy (non-hydrogen) atoms. The van der Waals surface area contributed by atoms with Crippen molar-refractivity contribution in [3.8, 4) is 11.4 Å². The highest BCUT2D eigenvalue weighted by molar-refractivity contribution is 5.98. The van der Waals surface area contributed by atoms with Gasteiger partial charge in [0.05, 0.1) is 23.4 Å². The van der Waals surface area contributed by atoms with Gasteiger partial charge in [-0.05, 0) is 31.0 Å². The Morgan fingerprint density at radius 3 is 2.69 bits per heavy atom. The molecule has 7 heteroatoms. The van der Waals surface area contributed by atoms with Crippen molar-refractivity contribution in [1.29, 1.82) is 0 Å². The molecule has 0 amide bonds. The summed E-state index contributed by atoms with van der Waals surface area (Å²) in [5, 5.41) is 21.2. The molecular weight excluding hydrogens is 372 g/mol. The summed E-state index contributed by atoms with van der Waals surface area (Å²) < 4.78 is 1.55. The number of carbonyl (C=O) groups is 2. The molecule has 1 aliphatic heterocycles. The molecule has 0 radical (unpaired) electrons. The molecule has 3 aromatic rings. The first-order chi connectivity index (χ1) is 13.8. The van der Waals surface area contributed by atoms with E-state index in [0.29, 0.717) is 34.3 Å². The zero-order chi connectivity index (χ0) is 20.9. The lowest BCUT2D eigenvalue weighted by Crippen LogP contribution is -2.39. The van der Waals surface area contributed by atoms with E-state index in [0.717, 1.165) is 11.8 Å². The van der Waals surface area contributed by atoms with Gasteiger partial charge in [0.2, 0.25) is 0 Å². The second-order valence-electron chi connectivity index (χ2n) is 7.21. The fraction of sp³-hybridized carbons (Fsp3) is 0.273. The smallest absolute Gasteiger partial charge is 0.340 e. The SMILES string of the molecule is CCc1c([C@](O)(CC)C(=O)O)cc2n(c1=O)Cc1cc3c(C=O)cccc3nc1-2. The summed E-state index contributed by atoms with van der Waals surface area (Å²) in [7, 11) is 0. The molecule has 148 valence electrons. The number of hydrogen-bond acceptors (Lipinski definition) is 5. The van der Waals surface area contributed by atoms with Gasteiger partial charge >= 0.3 is 5.97 Å². The zero-order valence-electron chi connectivity index (χ0n) is 16.1. The van der Waals surface area contributed by atoms with Gasteiger partial charge in [-0.2, -0.15) is 0 Å². The Morgan fingerprint density at radius 2 is 2.07 bits per heavy atom. The van der Waals surface area contributed by atoms with Crippen molar-refractivity contribution in [3.63, 3.8) is 0 Å². The summed E-state index contributed by atoms with van der Waals surface area (Å²) >= 11 is 0. The minimum Gasteiger partial charge on any atom is -0.479 e. The van der Waals surface area contributed by atoms with Crippen LogP contribution in [0.2, 0.25) is 0 Å². The quantitative estimate of drug-likeness (QED) is 0.505. The summed E-state index contributed by atoms with van der Waals surface area (Å²) in [4.78, 5) is 41.0. The van der Waals surface area contributed by atoms with E-state index in [9.17, 15) is 24.6 Å². The van der Waals surface area contributed by atoms with Gasteiger partial charge in [0.1, 0.15) is 0 Å². The van der Waals surface area contributed by atoms with Crippen LogP contribution in [0.5, 0.6) is 0 Å². The van der Waals surface area contributed by atoms with Gasteiger partial charge in [-0.1, -0.05) is 26.0 Å². The largest absolute Gasteiger partial charge is 0.479 e. The number of aldehydes is 1. The molecule has 0 spiro atoms. The van der Waals surface area contributed by atoms with Crippen molar-refractivity contribution in [2.45, 2.75) is 38.8 Å². The maximum atomic E-state index is 13.2. The maximum Gasteiger partial charge on any atom is 0.340 e. The van der Waals surface area contributed by atoms with Gasteiger partial charge in [-0.15, -0.1) is 0 Å². The van der Waals surface area contributed by atoms with Gasteiger partial charge in [0.25, 0.3) is 5.56 Å². The number of carboxylic acid groups (broad SMARTS) is 1. The molecule has 2 aromatic heterocycles. The van der Waals surface area contributed by atoms with Gasteiger partial charge < -0.3 is 14.8 Å². The molecule has 1 aliphatic rings. The van der Waals surface area contributed by atoms with Gasteiger partial charge in [0.15, 0.2) is 11.9 Å². The topological polar surface area (TPSA) is 109 Å². The Kier molecular flexibility index (Phi) is 4.35. The second-order valence-corrected chi connectivity index (χ2v) is 7.21. The summed E-state index contributed by atoms with van der Waals surface area (Å²) in [6, 6.07) is 8.65. The van der Waals surface area contributed by atoms with E-state index in [-0.39, 0.29) is 29.7 Å². The predicted octanol–water partition coefficient (Wildman–Crippen LogP) is 2.48. The van der Waals surface area contributed by atoms with Crippen LogP contribution in [0.3, 0.4) is 0 Å². The number of carboxylic acids is 1. The molecule has 1 aromatic carbocycles. The molecule has 0 saturated carbocycles. The first-order valence-electron chi connectivity index (χ1n) is 9.46. The second kappa shape index (κ2) is 6.63. The summed E-state index contributed by atoms with van der Waals surface area (Å²) in [5.41, 5.74) is 0.860. The van der Waals surface area contributed by atoms with Crippen molar-refractivity contribution < 1.29 is 19.8 Å². The molecule has 7 nitrogen and oxygen atoms in total. The molecule has 1 atom stereocenters. The number of hydrogen-bond donors (Lipinski definition) is 2. The van der Waals surface area contributed by atoms with E-state index < -0.39 is 11.6 Å². The highest BCUT2D eigenvalue weighted by Gasteiger charge is 2.40. The zero-order valence-corrected chi connectivity index (χ0v) is 16.1. The molecule has 0 aliphatic carbocycles. The average molecular weight is 392 g/mol. The van der Waals surface area contributed by atoms with Crippen LogP contribution in [-0.4, -0.2) is 32.0 Å². The van der Waals surface area contributed by atoms with E-state index >= 15 is 0 Å². The molecular formula is C22H20N2O5. The monoisotopic (exact) mass is 392 g/mol. The number of aliphatic hydroxyl groups is 1. The van der Waals surface area contributed by atoms with Crippen molar-refractivity contribution in [3.05, 3.63) is 62.9 Å². The lowest BCUT2D eigenvalue weighted by atomic mass is 9.86. The first-order valence-corrected chi connectivity index (χ1v) is 9.46. The summed E-state index contributed by atoms with van der Waals surface area (Å²) in [5.74, 6) is -1.39. The molecule has 2 N–H and O–H groups in total. The molecule has 0 bridgehead atoms. The fourth-order valence-electron chi connectivity index (χ4n) is 4.09. The number of benzene rings is 1. The van der Waals surface area contributed by atoms with Crippen LogP contribution in [-0.2, 0) is 23.4 Å². The Morgan fingerprint density at radius 1 is 1.31 bits per heavy atom. The van der Waals surface area contributed by atoms with E-state index in [4.69, 9.17) is 0 Å². The molecule has 0 saturated heterocycles. The highest BCUT2D eigenvalue weighted by Crippen LogP contribution is 2.36. The van der Waals surface area contributed by atoms with E-state index in [2.05, 4.69) is 4.98 Å². The lowest BCUT2D eigenvalue weighted by molar-refractivity contribution is -0.160. The van der Waals surface area contributed by atoms with E-state index in [1.807, 2.05) is 6.07 Å². The minimum absolute atomic E-state index is 0.0705. The standard InChI is InChI=1S/C22H20N2O5/c1-3-14-16(22(29,4-2)21(27)28)9-18-19-13(10-24(18)20(14)26)8-15-12(11-25)6-5-7-17(15)23-19/h5-9,11,29H,3-4,10H2,1-2H3,(H,27,28)/t22-/m1/s1. The fourth-order valence-corrected chi connectivity index (χ4v) is 4.09. The summed E-state index contributed by atoms with van der Waals surface area (Å²) in [6.07, 6.45) is 0.996. The van der Waals surface area contributed by atoms with Crippen LogP contribution in [0.15, 0.2) is 35.1 Å². The van der Waals surface area contributed by atoms with E-state index in [1.165, 1.54) is 0 Å².